The van der Waals surface area contributed by atoms with Crippen LogP contribution in [-0.4, -0.2) is 76.7 Å². The Hall–Kier alpha value is -4.32. The number of hydrogen-bond acceptors (Lipinski definition) is 8. The van der Waals surface area contributed by atoms with Crippen LogP contribution in [0.5, 0.6) is 5.75 Å². The highest BCUT2D eigenvalue weighted by atomic mass is 19.2. The molecule has 0 bridgehead atoms. The second-order valence-corrected chi connectivity index (χ2v) is 14.1. The molecule has 3 saturated heterocycles. The minimum absolute atomic E-state index is 0.239. The summed E-state index contributed by atoms with van der Waals surface area (Å²) in [5.74, 6) is 0.195. The average Bonchev–Trinajstić information content (AvgIpc) is 3.74. The normalized spacial score (nSPS) is 19.5. The Labute approximate surface area is 279 Å². The fourth-order valence-electron chi connectivity index (χ4n) is 7.56. The molecule has 3 aliphatic heterocycles. The number of aryl methyl sites for hydroxylation is 1. The van der Waals surface area contributed by atoms with Crippen LogP contribution >= 0.6 is 0 Å². The third-order valence-corrected chi connectivity index (χ3v) is 10.5. The van der Waals surface area contributed by atoms with Crippen LogP contribution in [-0.2, 0) is 7.05 Å². The molecule has 2 aromatic carbocycles. The van der Waals surface area contributed by atoms with Crippen molar-refractivity contribution in [2.24, 2.45) is 12.5 Å². The summed E-state index contributed by atoms with van der Waals surface area (Å²) >= 11 is 0. The van der Waals surface area contributed by atoms with Crippen LogP contribution in [0, 0.1) is 17.0 Å². The van der Waals surface area contributed by atoms with Crippen LogP contribution in [0.1, 0.15) is 51.1 Å². The maximum atomic E-state index is 14.8. The summed E-state index contributed by atoms with van der Waals surface area (Å²) in [6.07, 6.45) is 8.97. The van der Waals surface area contributed by atoms with E-state index in [1.165, 1.54) is 6.33 Å². The lowest BCUT2D eigenvalue weighted by Crippen LogP contribution is -2.66. The van der Waals surface area contributed by atoms with Gasteiger partial charge in [-0.3, -0.25) is 9.58 Å². The van der Waals surface area contributed by atoms with E-state index in [9.17, 15) is 13.2 Å². The summed E-state index contributed by atoms with van der Waals surface area (Å²) in [7, 11) is 3.56. The van der Waals surface area contributed by atoms with Crippen molar-refractivity contribution in [3.05, 3.63) is 72.3 Å². The number of aromatic nitrogens is 4. The third kappa shape index (κ3) is 5.95. The van der Waals surface area contributed by atoms with E-state index in [1.54, 1.807) is 23.9 Å². The van der Waals surface area contributed by atoms with Crippen molar-refractivity contribution in [1.82, 2.24) is 24.6 Å². The average molecular weight is 661 g/mol. The topological polar surface area (TPSA) is 74.6 Å². The Morgan fingerprint density at radius 3 is 2.56 bits per heavy atom. The monoisotopic (exact) mass is 660 g/mol. The van der Waals surface area contributed by atoms with Crippen molar-refractivity contribution in [3.63, 3.8) is 0 Å². The van der Waals surface area contributed by atoms with Gasteiger partial charge in [-0.25, -0.2) is 23.1 Å². The molecule has 0 radical (unpaired) electrons. The van der Waals surface area contributed by atoms with Gasteiger partial charge in [0.1, 0.15) is 30.4 Å². The molecule has 254 valence electrons. The minimum atomic E-state index is -0.847. The molecule has 12 heteroatoms. The second kappa shape index (κ2) is 12.6. The molecule has 4 aromatic rings. The number of halogens is 3. The van der Waals surface area contributed by atoms with Gasteiger partial charge >= 0.3 is 0 Å². The van der Waals surface area contributed by atoms with Crippen molar-refractivity contribution in [1.29, 1.82) is 0 Å². The van der Waals surface area contributed by atoms with Crippen LogP contribution in [0.15, 0.2) is 55.1 Å². The largest absolute Gasteiger partial charge is 0.494 e. The lowest BCUT2D eigenvalue weighted by atomic mass is 9.70. The summed E-state index contributed by atoms with van der Waals surface area (Å²) in [5, 5.41) is 7.90. The summed E-state index contributed by atoms with van der Waals surface area (Å²) in [5.41, 5.74) is 3.97. The van der Waals surface area contributed by atoms with Gasteiger partial charge in [0.2, 0.25) is 0 Å². The van der Waals surface area contributed by atoms with Crippen LogP contribution < -0.4 is 19.9 Å². The molecular weight excluding hydrogens is 617 g/mol. The van der Waals surface area contributed by atoms with Gasteiger partial charge in [0.15, 0.2) is 11.6 Å². The molecule has 1 atom stereocenters. The molecule has 9 nitrogen and oxygen atoms in total. The molecule has 0 aliphatic carbocycles. The first-order chi connectivity index (χ1) is 23.1. The molecule has 7 rings (SSSR count). The fraction of sp³-hybridized carbons (Fsp3) is 0.472. The first-order valence-corrected chi connectivity index (χ1v) is 16.7. The molecular formula is C36H43F3N8O. The number of nitrogens with one attached hydrogen (secondary N) is 1. The van der Waals surface area contributed by atoms with E-state index in [-0.39, 0.29) is 18.1 Å². The van der Waals surface area contributed by atoms with Crippen molar-refractivity contribution in [2.45, 2.75) is 51.1 Å². The molecule has 0 unspecified atom stereocenters. The van der Waals surface area contributed by atoms with E-state index in [2.05, 4.69) is 42.3 Å². The Morgan fingerprint density at radius 1 is 1.06 bits per heavy atom. The number of ether oxygens (including phenoxy) is 1. The zero-order valence-corrected chi connectivity index (χ0v) is 28.0. The van der Waals surface area contributed by atoms with E-state index >= 15 is 0 Å². The molecule has 3 aliphatic rings. The number of rotatable bonds is 9. The van der Waals surface area contributed by atoms with Crippen molar-refractivity contribution < 1.29 is 17.9 Å². The summed E-state index contributed by atoms with van der Waals surface area (Å²) in [6.45, 7) is 7.96. The number of methoxy groups -OCH3 is 1. The smallest absolute Gasteiger partial charge is 0.164 e. The van der Waals surface area contributed by atoms with Crippen LogP contribution in [0.25, 0.3) is 11.1 Å². The molecule has 1 N–H and O–H groups in total. The predicted octanol–water partition coefficient (Wildman–Crippen LogP) is 6.90. The molecule has 0 saturated carbocycles. The first kappa shape index (κ1) is 32.2. The second-order valence-electron chi connectivity index (χ2n) is 14.1. The standard InChI is InChI=1S/C36H43F3N8O/c1-35(2,20-37)46-21-36(22-46)10-13-45(14-11-36)30-16-31(48-4)28(15-26(30)24-18-42-44(3)19-24)43-32-17-33(41-23-40-32)47-12-6-9-29(47)25-7-5-8-27(38)34(25)39/h5,7-8,15-19,23,29H,6,9-14,20-22H2,1-4H3,(H,40,41,43)/t29-/m1/s1. The van der Waals surface area contributed by atoms with Gasteiger partial charge in [-0.05, 0) is 57.1 Å². The molecule has 2 aromatic heterocycles. The number of likely N-dealkylation sites (tertiary alicyclic amines) is 1. The number of alkyl halides is 1. The number of piperidine rings is 1. The van der Waals surface area contributed by atoms with Gasteiger partial charge in [0.05, 0.1) is 25.0 Å². The lowest BCUT2D eigenvalue weighted by molar-refractivity contribution is -0.0845. The van der Waals surface area contributed by atoms with Gasteiger partial charge in [0, 0.05) is 86.0 Å². The molecule has 1 spiro atoms. The number of hydrogen-bond donors (Lipinski definition) is 1. The molecule has 3 fully saturated rings. The van der Waals surface area contributed by atoms with Gasteiger partial charge in [-0.2, -0.15) is 5.10 Å². The van der Waals surface area contributed by atoms with Crippen molar-refractivity contribution in [3.8, 4) is 16.9 Å². The third-order valence-electron chi connectivity index (χ3n) is 10.5. The lowest BCUT2D eigenvalue weighted by Gasteiger charge is -2.58. The molecule has 5 heterocycles. The maximum absolute atomic E-state index is 14.8. The zero-order valence-electron chi connectivity index (χ0n) is 28.0. The predicted molar refractivity (Wildman–Crippen MR) is 182 cm³/mol. The van der Waals surface area contributed by atoms with Crippen molar-refractivity contribution >= 4 is 23.0 Å². The van der Waals surface area contributed by atoms with Crippen molar-refractivity contribution in [2.75, 3.05) is 61.6 Å². The van der Waals surface area contributed by atoms with Crippen LogP contribution in [0.4, 0.5) is 36.2 Å². The highest BCUT2D eigenvalue weighted by molar-refractivity contribution is 5.85. The molecule has 48 heavy (non-hydrogen) atoms. The van der Waals surface area contributed by atoms with Gasteiger partial charge < -0.3 is 19.9 Å². The minimum Gasteiger partial charge on any atom is -0.494 e. The van der Waals surface area contributed by atoms with Gasteiger partial charge in [-0.15, -0.1) is 0 Å². The molecule has 0 amide bonds. The first-order valence-electron chi connectivity index (χ1n) is 16.7. The Bertz CT molecular complexity index is 1780. The van der Waals surface area contributed by atoms with Gasteiger partial charge in [0.25, 0.3) is 0 Å². The maximum Gasteiger partial charge on any atom is 0.164 e. The van der Waals surface area contributed by atoms with Crippen LogP contribution in [0.3, 0.4) is 0 Å². The summed E-state index contributed by atoms with van der Waals surface area (Å²) in [4.78, 5) is 15.7. The number of nitrogens with zero attached hydrogens (tertiary/aromatic N) is 7. The van der Waals surface area contributed by atoms with Gasteiger partial charge in [-0.1, -0.05) is 12.1 Å². The Balaban J connectivity index is 1.15. The number of benzene rings is 2. The Morgan fingerprint density at radius 2 is 1.85 bits per heavy atom. The number of anilines is 4. The van der Waals surface area contributed by atoms with E-state index in [0.29, 0.717) is 35.9 Å². The Kier molecular flexibility index (Phi) is 8.47. The summed E-state index contributed by atoms with van der Waals surface area (Å²) in [6, 6.07) is 10.00. The quantitative estimate of drug-likeness (QED) is 0.208. The highest BCUT2D eigenvalue weighted by Crippen LogP contribution is 2.47. The SMILES string of the molecule is COc1cc(N2CCC3(CC2)CN(C(C)(C)CF)C3)c(-c2cnn(C)c2)cc1Nc1cc(N2CCC[C@@H]2c2cccc(F)c2F)ncn1. The fourth-order valence-corrected chi connectivity index (χ4v) is 7.56. The van der Waals surface area contributed by atoms with E-state index in [4.69, 9.17) is 4.74 Å². The van der Waals surface area contributed by atoms with E-state index < -0.39 is 17.2 Å². The van der Waals surface area contributed by atoms with E-state index in [0.717, 1.165) is 74.0 Å². The van der Waals surface area contributed by atoms with E-state index in [1.807, 2.05) is 44.3 Å². The summed E-state index contributed by atoms with van der Waals surface area (Å²) < 4.78 is 50.2. The highest BCUT2D eigenvalue weighted by Gasteiger charge is 2.49. The zero-order chi connectivity index (χ0) is 33.6. The van der Waals surface area contributed by atoms with Crippen LogP contribution in [0.2, 0.25) is 0 Å².